The van der Waals surface area contributed by atoms with E-state index in [1.807, 2.05) is 23.0 Å². The smallest absolute Gasteiger partial charge is 0.0831 e. The molecule has 0 saturated carbocycles. The van der Waals surface area contributed by atoms with Gasteiger partial charge in [-0.3, -0.25) is 0 Å². The highest BCUT2D eigenvalue weighted by molar-refractivity contribution is 5.34. The third-order valence-corrected chi connectivity index (χ3v) is 2.59. The van der Waals surface area contributed by atoms with Crippen molar-refractivity contribution in [1.82, 2.24) is 15.0 Å². The second-order valence-electron chi connectivity index (χ2n) is 4.10. The molecule has 0 aliphatic rings. The first-order valence-corrected chi connectivity index (χ1v) is 5.78. The molecule has 0 saturated heterocycles. The first-order valence-electron chi connectivity index (χ1n) is 5.78. The summed E-state index contributed by atoms with van der Waals surface area (Å²) in [6.45, 7) is 4.27. The van der Waals surface area contributed by atoms with Gasteiger partial charge in [0, 0.05) is 0 Å². The molecule has 16 heavy (non-hydrogen) atoms. The second kappa shape index (κ2) is 4.92. The summed E-state index contributed by atoms with van der Waals surface area (Å²) in [6.07, 6.45) is 5.40. The number of aromatic nitrogens is 3. The predicted octanol–water partition coefficient (Wildman–Crippen LogP) is 2.92. The lowest BCUT2D eigenvalue weighted by Crippen LogP contribution is -1.94. The molecule has 0 radical (unpaired) electrons. The summed E-state index contributed by atoms with van der Waals surface area (Å²) in [6, 6.07) is 8.28. The minimum Gasteiger partial charge on any atom is -0.220 e. The SMILES string of the molecule is CCCCc1cn(-c2cccc(C)c2)nn1. The van der Waals surface area contributed by atoms with Gasteiger partial charge in [0.2, 0.25) is 0 Å². The lowest BCUT2D eigenvalue weighted by molar-refractivity contribution is 0.761. The molecule has 0 bridgehead atoms. The van der Waals surface area contributed by atoms with E-state index in [0.717, 1.165) is 17.8 Å². The number of hydrogen-bond acceptors (Lipinski definition) is 2. The van der Waals surface area contributed by atoms with Crippen LogP contribution >= 0.6 is 0 Å². The third-order valence-electron chi connectivity index (χ3n) is 2.59. The number of hydrogen-bond donors (Lipinski definition) is 0. The van der Waals surface area contributed by atoms with E-state index in [9.17, 15) is 0 Å². The molecule has 0 atom stereocenters. The Balaban J connectivity index is 2.18. The van der Waals surface area contributed by atoms with Crippen molar-refractivity contribution in [2.45, 2.75) is 33.1 Å². The number of aryl methyl sites for hydroxylation is 2. The molecule has 2 aromatic rings. The molecule has 0 fully saturated rings. The first kappa shape index (κ1) is 10.9. The summed E-state index contributed by atoms with van der Waals surface area (Å²) in [7, 11) is 0. The molecule has 0 unspecified atom stereocenters. The summed E-state index contributed by atoms with van der Waals surface area (Å²) in [5.41, 5.74) is 3.39. The largest absolute Gasteiger partial charge is 0.220 e. The molecule has 2 rings (SSSR count). The van der Waals surface area contributed by atoms with E-state index >= 15 is 0 Å². The highest BCUT2D eigenvalue weighted by Crippen LogP contribution is 2.10. The van der Waals surface area contributed by atoms with Gasteiger partial charge in [0.05, 0.1) is 17.6 Å². The molecular weight excluding hydrogens is 198 g/mol. The Hall–Kier alpha value is -1.64. The van der Waals surface area contributed by atoms with E-state index in [1.165, 1.54) is 18.4 Å². The Morgan fingerprint density at radius 3 is 2.94 bits per heavy atom. The van der Waals surface area contributed by atoms with Crippen LogP contribution in [-0.4, -0.2) is 15.0 Å². The van der Waals surface area contributed by atoms with Crippen LogP contribution in [0, 0.1) is 6.92 Å². The van der Waals surface area contributed by atoms with Crippen LogP contribution in [-0.2, 0) is 6.42 Å². The van der Waals surface area contributed by atoms with Crippen molar-refractivity contribution >= 4 is 0 Å². The predicted molar refractivity (Wildman–Crippen MR) is 64.7 cm³/mol. The molecule has 84 valence electrons. The highest BCUT2D eigenvalue weighted by Gasteiger charge is 2.02. The normalized spacial score (nSPS) is 10.6. The van der Waals surface area contributed by atoms with Crippen molar-refractivity contribution in [2.75, 3.05) is 0 Å². The lowest BCUT2D eigenvalue weighted by atomic mass is 10.2. The standard InChI is InChI=1S/C13H17N3/c1-3-4-7-12-10-16(15-14-12)13-8-5-6-11(2)9-13/h5-6,8-10H,3-4,7H2,1-2H3. The van der Waals surface area contributed by atoms with Gasteiger partial charge in [0.1, 0.15) is 0 Å². The number of benzene rings is 1. The molecule has 3 nitrogen and oxygen atoms in total. The highest BCUT2D eigenvalue weighted by atomic mass is 15.4. The van der Waals surface area contributed by atoms with Crippen LogP contribution in [0.4, 0.5) is 0 Å². The molecule has 1 aromatic carbocycles. The Bertz CT molecular complexity index is 460. The van der Waals surface area contributed by atoms with Crippen LogP contribution in [0.1, 0.15) is 31.0 Å². The molecule has 0 spiro atoms. The molecule has 1 heterocycles. The summed E-state index contributed by atoms with van der Waals surface area (Å²) in [5.74, 6) is 0. The van der Waals surface area contributed by atoms with E-state index in [2.05, 4.69) is 36.3 Å². The van der Waals surface area contributed by atoms with Gasteiger partial charge < -0.3 is 0 Å². The summed E-state index contributed by atoms with van der Waals surface area (Å²) in [4.78, 5) is 0. The second-order valence-corrected chi connectivity index (χ2v) is 4.10. The third kappa shape index (κ3) is 2.48. The van der Waals surface area contributed by atoms with Crippen molar-refractivity contribution in [3.05, 3.63) is 41.7 Å². The summed E-state index contributed by atoms with van der Waals surface area (Å²) < 4.78 is 1.85. The monoisotopic (exact) mass is 215 g/mol. The van der Waals surface area contributed by atoms with Crippen LogP contribution in [0.25, 0.3) is 5.69 Å². The van der Waals surface area contributed by atoms with E-state index in [-0.39, 0.29) is 0 Å². The van der Waals surface area contributed by atoms with Gasteiger partial charge >= 0.3 is 0 Å². The fourth-order valence-corrected chi connectivity index (χ4v) is 1.67. The Kier molecular flexibility index (Phi) is 3.34. The minimum atomic E-state index is 1.02. The number of nitrogens with zero attached hydrogens (tertiary/aromatic N) is 3. The van der Waals surface area contributed by atoms with Crippen LogP contribution < -0.4 is 0 Å². The van der Waals surface area contributed by atoms with Gasteiger partial charge in [-0.25, -0.2) is 4.68 Å². The van der Waals surface area contributed by atoms with Gasteiger partial charge in [0.25, 0.3) is 0 Å². The molecule has 0 aliphatic heterocycles. The maximum atomic E-state index is 4.17. The van der Waals surface area contributed by atoms with E-state index < -0.39 is 0 Å². The summed E-state index contributed by atoms with van der Waals surface area (Å²) in [5, 5.41) is 8.32. The minimum absolute atomic E-state index is 1.02. The van der Waals surface area contributed by atoms with Gasteiger partial charge in [-0.1, -0.05) is 30.7 Å². The van der Waals surface area contributed by atoms with Crippen LogP contribution in [0.5, 0.6) is 0 Å². The van der Waals surface area contributed by atoms with Crippen LogP contribution in [0.2, 0.25) is 0 Å². The summed E-state index contributed by atoms with van der Waals surface area (Å²) >= 11 is 0. The quantitative estimate of drug-likeness (QED) is 0.785. The molecule has 1 aromatic heterocycles. The Morgan fingerprint density at radius 2 is 2.19 bits per heavy atom. The first-order chi connectivity index (χ1) is 7.79. The molecule has 0 aliphatic carbocycles. The Labute approximate surface area is 96.1 Å². The molecule has 3 heteroatoms. The fraction of sp³-hybridized carbons (Fsp3) is 0.385. The van der Waals surface area contributed by atoms with E-state index in [4.69, 9.17) is 0 Å². The maximum absolute atomic E-state index is 4.17. The van der Waals surface area contributed by atoms with Crippen molar-refractivity contribution in [2.24, 2.45) is 0 Å². The van der Waals surface area contributed by atoms with Crippen molar-refractivity contribution < 1.29 is 0 Å². The average molecular weight is 215 g/mol. The van der Waals surface area contributed by atoms with Crippen LogP contribution in [0.3, 0.4) is 0 Å². The van der Waals surface area contributed by atoms with Gasteiger partial charge in [-0.15, -0.1) is 5.10 Å². The Morgan fingerprint density at radius 1 is 1.31 bits per heavy atom. The van der Waals surface area contributed by atoms with Crippen molar-refractivity contribution in [1.29, 1.82) is 0 Å². The lowest BCUT2D eigenvalue weighted by Gasteiger charge is -2.00. The van der Waals surface area contributed by atoms with Gasteiger partial charge in [-0.05, 0) is 37.5 Å². The number of rotatable bonds is 4. The van der Waals surface area contributed by atoms with Crippen LogP contribution in [0.15, 0.2) is 30.5 Å². The maximum Gasteiger partial charge on any atom is 0.0831 e. The zero-order chi connectivity index (χ0) is 11.4. The van der Waals surface area contributed by atoms with Gasteiger partial charge in [-0.2, -0.15) is 0 Å². The molecular formula is C13H17N3. The molecule has 0 N–H and O–H groups in total. The zero-order valence-electron chi connectivity index (χ0n) is 9.85. The fourth-order valence-electron chi connectivity index (χ4n) is 1.67. The average Bonchev–Trinajstić information content (AvgIpc) is 2.75. The van der Waals surface area contributed by atoms with Crippen molar-refractivity contribution in [3.63, 3.8) is 0 Å². The van der Waals surface area contributed by atoms with Crippen molar-refractivity contribution in [3.8, 4) is 5.69 Å². The van der Waals surface area contributed by atoms with Gasteiger partial charge in [0.15, 0.2) is 0 Å². The molecule has 0 amide bonds. The zero-order valence-corrected chi connectivity index (χ0v) is 9.85. The topological polar surface area (TPSA) is 30.7 Å². The van der Waals surface area contributed by atoms with E-state index in [0.29, 0.717) is 0 Å². The number of unbranched alkanes of at least 4 members (excludes halogenated alkanes) is 1. The van der Waals surface area contributed by atoms with E-state index in [1.54, 1.807) is 0 Å².